The zero-order valence-corrected chi connectivity index (χ0v) is 17.6. The Morgan fingerprint density at radius 2 is 2.12 bits per heavy atom. The van der Waals surface area contributed by atoms with E-state index in [1.807, 2.05) is 17.0 Å². The summed E-state index contributed by atoms with van der Waals surface area (Å²) in [6, 6.07) is 8.69. The van der Waals surface area contributed by atoms with Gasteiger partial charge >= 0.3 is 0 Å². The van der Waals surface area contributed by atoms with Gasteiger partial charge in [0.1, 0.15) is 28.8 Å². The van der Waals surface area contributed by atoms with Crippen LogP contribution >= 0.6 is 11.6 Å². The first kappa shape index (κ1) is 20.2. The second-order valence-electron chi connectivity index (χ2n) is 7.68. The number of aromatic nitrogens is 3. The van der Waals surface area contributed by atoms with Gasteiger partial charge in [0.25, 0.3) is 0 Å². The highest BCUT2D eigenvalue weighted by molar-refractivity contribution is 6.33. The molecule has 0 aliphatic carbocycles. The van der Waals surface area contributed by atoms with Crippen molar-refractivity contribution >= 4 is 45.9 Å². The molecular weight excluding hydrogens is 433 g/mol. The van der Waals surface area contributed by atoms with E-state index in [9.17, 15) is 9.18 Å². The lowest BCUT2D eigenvalue weighted by Gasteiger charge is -2.34. The van der Waals surface area contributed by atoms with Gasteiger partial charge in [-0.15, -0.1) is 0 Å². The highest BCUT2D eigenvalue weighted by atomic mass is 35.5. The molecule has 2 saturated heterocycles. The van der Waals surface area contributed by atoms with Crippen LogP contribution in [0.2, 0.25) is 5.02 Å². The Labute approximate surface area is 188 Å². The number of nitrogens with zero attached hydrogens (tertiary/aromatic N) is 6. The van der Waals surface area contributed by atoms with Crippen LogP contribution in [-0.2, 0) is 4.79 Å². The summed E-state index contributed by atoms with van der Waals surface area (Å²) in [5.74, 6) is 0.286. The van der Waals surface area contributed by atoms with E-state index in [1.165, 1.54) is 24.5 Å². The Morgan fingerprint density at radius 1 is 1.28 bits per heavy atom. The minimum atomic E-state index is -0.794. The Balaban J connectivity index is 1.47. The van der Waals surface area contributed by atoms with Crippen LogP contribution in [0.15, 0.2) is 43.2 Å². The van der Waals surface area contributed by atoms with E-state index in [-0.39, 0.29) is 34.3 Å². The largest absolute Gasteiger partial charge is 0.350 e. The number of pyridine rings is 1. The first-order valence-electron chi connectivity index (χ1n) is 9.96. The van der Waals surface area contributed by atoms with E-state index in [4.69, 9.17) is 21.8 Å². The monoisotopic (exact) mass is 449 g/mol. The average Bonchev–Trinajstić information content (AvgIpc) is 3.43. The molecule has 2 aliphatic heterocycles. The number of amides is 1. The number of hydrogen-bond acceptors (Lipinski definition) is 7. The first-order chi connectivity index (χ1) is 15.5. The minimum absolute atomic E-state index is 0.0463. The lowest BCUT2D eigenvalue weighted by atomic mass is 10.2. The molecule has 0 spiro atoms. The number of carbonyl (C=O) groups is 1. The van der Waals surface area contributed by atoms with Gasteiger partial charge in [-0.2, -0.15) is 5.26 Å². The molecule has 1 amide bonds. The number of fused-ring (bicyclic) bond motifs is 3. The minimum Gasteiger partial charge on any atom is -0.350 e. The summed E-state index contributed by atoms with van der Waals surface area (Å²) in [5, 5.41) is 11.8. The zero-order valence-electron chi connectivity index (χ0n) is 16.8. The quantitative estimate of drug-likeness (QED) is 0.609. The normalized spacial score (nSPS) is 19.3. The molecule has 160 valence electrons. The Morgan fingerprint density at radius 3 is 2.84 bits per heavy atom. The van der Waals surface area contributed by atoms with Crippen LogP contribution in [0.1, 0.15) is 12.0 Å². The molecule has 8 nitrogen and oxygen atoms in total. The number of piperazine rings is 1. The molecule has 32 heavy (non-hydrogen) atoms. The van der Waals surface area contributed by atoms with Crippen molar-refractivity contribution in [1.29, 1.82) is 5.26 Å². The van der Waals surface area contributed by atoms with Crippen molar-refractivity contribution in [3.8, 4) is 6.07 Å². The van der Waals surface area contributed by atoms with Gasteiger partial charge in [-0.25, -0.2) is 19.3 Å². The molecule has 0 radical (unpaired) electrons. The van der Waals surface area contributed by atoms with E-state index in [0.717, 1.165) is 12.2 Å². The van der Waals surface area contributed by atoms with Gasteiger partial charge in [-0.3, -0.25) is 4.79 Å². The summed E-state index contributed by atoms with van der Waals surface area (Å²) in [5.41, 5.74) is 1.26. The van der Waals surface area contributed by atoms with E-state index >= 15 is 0 Å². The SMILES string of the molecule is C=CC(=O)N1C[C@@H]2C[C@H]1CN2c1ccc2ncnc(Nc3ccc(C#N)c(F)c3Cl)c2n1. The Bertz CT molecular complexity index is 1310. The van der Waals surface area contributed by atoms with Gasteiger partial charge in [-0.1, -0.05) is 18.2 Å². The standard InChI is InChI=1S/C22H17ClFN7O/c1-2-18(32)31-10-13-7-14(31)9-30(13)17-6-5-16-21(29-17)22(27-11-26-16)28-15-4-3-12(8-25)20(24)19(15)23/h2-6,11,13-14H,1,7,9-10H2,(H,26,27,28)/t13-,14-/m0/s1. The van der Waals surface area contributed by atoms with Gasteiger partial charge in [0.15, 0.2) is 11.6 Å². The smallest absolute Gasteiger partial charge is 0.246 e. The molecule has 1 aromatic carbocycles. The molecule has 2 fully saturated rings. The van der Waals surface area contributed by atoms with Crippen LogP contribution in [0, 0.1) is 17.1 Å². The molecule has 2 atom stereocenters. The molecule has 2 bridgehead atoms. The molecule has 0 unspecified atom stereocenters. The fourth-order valence-corrected chi connectivity index (χ4v) is 4.59. The van der Waals surface area contributed by atoms with Crippen LogP contribution in [0.5, 0.6) is 0 Å². The summed E-state index contributed by atoms with van der Waals surface area (Å²) >= 11 is 6.11. The summed E-state index contributed by atoms with van der Waals surface area (Å²) in [7, 11) is 0. The second kappa shape index (κ2) is 7.73. The molecule has 3 aromatic rings. The van der Waals surface area contributed by atoms with Gasteiger partial charge in [0.2, 0.25) is 5.91 Å². The van der Waals surface area contributed by atoms with Crippen molar-refractivity contribution in [2.75, 3.05) is 23.3 Å². The van der Waals surface area contributed by atoms with Crippen LogP contribution in [-0.4, -0.2) is 50.9 Å². The average molecular weight is 450 g/mol. The number of benzene rings is 1. The molecule has 1 N–H and O–H groups in total. The third kappa shape index (κ3) is 3.20. The van der Waals surface area contributed by atoms with Crippen molar-refractivity contribution in [2.45, 2.75) is 18.5 Å². The number of hydrogen-bond donors (Lipinski definition) is 1. The van der Waals surface area contributed by atoms with Gasteiger partial charge in [-0.05, 0) is 36.8 Å². The topological polar surface area (TPSA) is 98.0 Å². The lowest BCUT2D eigenvalue weighted by molar-refractivity contribution is -0.127. The number of nitrogens with one attached hydrogen (secondary N) is 1. The van der Waals surface area contributed by atoms with E-state index < -0.39 is 5.82 Å². The highest BCUT2D eigenvalue weighted by Crippen LogP contribution is 2.36. The van der Waals surface area contributed by atoms with Crippen molar-refractivity contribution in [1.82, 2.24) is 19.9 Å². The molecule has 2 aliphatic rings. The fourth-order valence-electron chi connectivity index (χ4n) is 4.38. The predicted molar refractivity (Wildman–Crippen MR) is 118 cm³/mol. The number of carbonyl (C=O) groups excluding carboxylic acids is 1. The number of rotatable bonds is 4. The number of nitriles is 1. The van der Waals surface area contributed by atoms with E-state index in [2.05, 4.69) is 26.8 Å². The van der Waals surface area contributed by atoms with Crippen molar-refractivity contribution in [2.24, 2.45) is 0 Å². The maximum absolute atomic E-state index is 14.3. The van der Waals surface area contributed by atoms with Crippen LogP contribution in [0.4, 0.5) is 21.7 Å². The summed E-state index contributed by atoms with van der Waals surface area (Å²) in [4.78, 5) is 29.4. The number of anilines is 3. The Kier molecular flexibility index (Phi) is 4.87. The second-order valence-corrected chi connectivity index (χ2v) is 8.05. The third-order valence-corrected chi connectivity index (χ3v) is 6.29. The molecule has 0 saturated carbocycles. The summed E-state index contributed by atoms with van der Waals surface area (Å²) < 4.78 is 14.3. The predicted octanol–water partition coefficient (Wildman–Crippen LogP) is 3.41. The van der Waals surface area contributed by atoms with Crippen LogP contribution in [0.25, 0.3) is 11.0 Å². The van der Waals surface area contributed by atoms with Crippen molar-refractivity contribution in [3.05, 3.63) is 59.7 Å². The molecule has 5 rings (SSSR count). The molecule has 4 heterocycles. The van der Waals surface area contributed by atoms with Crippen LogP contribution in [0.3, 0.4) is 0 Å². The Hall–Kier alpha value is -3.77. The number of halogens is 2. The maximum atomic E-state index is 14.3. The number of likely N-dealkylation sites (tertiary alicyclic amines) is 1. The van der Waals surface area contributed by atoms with E-state index in [0.29, 0.717) is 29.9 Å². The van der Waals surface area contributed by atoms with Gasteiger partial charge in [0.05, 0.1) is 28.9 Å². The third-order valence-electron chi connectivity index (χ3n) is 5.92. The van der Waals surface area contributed by atoms with Crippen molar-refractivity contribution < 1.29 is 9.18 Å². The zero-order chi connectivity index (χ0) is 22.4. The van der Waals surface area contributed by atoms with Crippen molar-refractivity contribution in [3.63, 3.8) is 0 Å². The summed E-state index contributed by atoms with van der Waals surface area (Å²) in [6.07, 6.45) is 3.62. The molecule has 10 heteroatoms. The molecular formula is C22H17ClFN7O. The lowest BCUT2D eigenvalue weighted by Crippen LogP contribution is -2.48. The molecule has 2 aromatic heterocycles. The highest BCUT2D eigenvalue weighted by Gasteiger charge is 2.45. The van der Waals surface area contributed by atoms with Gasteiger partial charge < -0.3 is 15.1 Å². The van der Waals surface area contributed by atoms with Crippen LogP contribution < -0.4 is 10.2 Å². The maximum Gasteiger partial charge on any atom is 0.246 e. The summed E-state index contributed by atoms with van der Waals surface area (Å²) in [6.45, 7) is 4.90. The van der Waals surface area contributed by atoms with Gasteiger partial charge in [0, 0.05) is 13.1 Å². The van der Waals surface area contributed by atoms with E-state index in [1.54, 1.807) is 6.07 Å². The first-order valence-corrected chi connectivity index (χ1v) is 10.3. The fraction of sp³-hybridized carbons (Fsp3) is 0.227.